The molecule has 0 atom stereocenters. The van der Waals surface area contributed by atoms with Crippen LogP contribution in [0.4, 0.5) is 0 Å². The van der Waals surface area contributed by atoms with Gasteiger partial charge in [-0.15, -0.1) is 0 Å². The SMILES string of the molecule is Cn1ncnc1C1(N)CCCCCC1. The molecular weight excluding hydrogens is 176 g/mol. The second-order valence-electron chi connectivity index (χ2n) is 4.28. The van der Waals surface area contributed by atoms with E-state index in [0.717, 1.165) is 18.7 Å². The molecule has 0 aromatic carbocycles. The molecule has 0 aliphatic heterocycles. The molecule has 1 aromatic heterocycles. The fourth-order valence-corrected chi connectivity index (χ4v) is 2.33. The lowest BCUT2D eigenvalue weighted by molar-refractivity contribution is 0.348. The van der Waals surface area contributed by atoms with Gasteiger partial charge in [0.25, 0.3) is 0 Å². The van der Waals surface area contributed by atoms with Gasteiger partial charge in [-0.3, -0.25) is 4.68 Å². The van der Waals surface area contributed by atoms with Crippen LogP contribution in [-0.4, -0.2) is 14.8 Å². The Hall–Kier alpha value is -0.900. The van der Waals surface area contributed by atoms with Gasteiger partial charge in [-0.2, -0.15) is 5.10 Å². The van der Waals surface area contributed by atoms with Gasteiger partial charge in [0.15, 0.2) is 0 Å². The van der Waals surface area contributed by atoms with E-state index >= 15 is 0 Å². The topological polar surface area (TPSA) is 56.7 Å². The lowest BCUT2D eigenvalue weighted by atomic mass is 9.90. The van der Waals surface area contributed by atoms with E-state index in [9.17, 15) is 0 Å². The summed E-state index contributed by atoms with van der Waals surface area (Å²) in [5.41, 5.74) is 6.17. The van der Waals surface area contributed by atoms with Crippen LogP contribution in [-0.2, 0) is 12.6 Å². The van der Waals surface area contributed by atoms with Crippen LogP contribution < -0.4 is 5.73 Å². The molecule has 0 radical (unpaired) electrons. The molecule has 0 amide bonds. The number of nitrogens with two attached hydrogens (primary N) is 1. The molecule has 1 aromatic rings. The molecule has 1 fully saturated rings. The molecule has 0 saturated heterocycles. The zero-order valence-electron chi connectivity index (χ0n) is 8.74. The lowest BCUT2D eigenvalue weighted by Crippen LogP contribution is -2.38. The molecular formula is C10H18N4. The molecule has 2 N–H and O–H groups in total. The molecule has 0 bridgehead atoms. The van der Waals surface area contributed by atoms with Crippen LogP contribution in [0.3, 0.4) is 0 Å². The molecule has 14 heavy (non-hydrogen) atoms. The third-order valence-electron chi connectivity index (χ3n) is 3.15. The van der Waals surface area contributed by atoms with Crippen LogP contribution in [0.15, 0.2) is 6.33 Å². The molecule has 4 heteroatoms. The lowest BCUT2D eigenvalue weighted by Gasteiger charge is -2.26. The van der Waals surface area contributed by atoms with Crippen molar-refractivity contribution in [2.45, 2.75) is 44.1 Å². The summed E-state index contributed by atoms with van der Waals surface area (Å²) in [6.45, 7) is 0. The highest BCUT2D eigenvalue weighted by Gasteiger charge is 2.32. The van der Waals surface area contributed by atoms with Crippen molar-refractivity contribution in [1.29, 1.82) is 0 Å². The Bertz CT molecular complexity index is 297. The summed E-state index contributed by atoms with van der Waals surface area (Å²) >= 11 is 0. The second kappa shape index (κ2) is 3.69. The van der Waals surface area contributed by atoms with Gasteiger partial charge in [0.05, 0.1) is 5.54 Å². The monoisotopic (exact) mass is 194 g/mol. The molecule has 2 rings (SSSR count). The Morgan fingerprint density at radius 1 is 1.29 bits per heavy atom. The Morgan fingerprint density at radius 2 is 1.93 bits per heavy atom. The third kappa shape index (κ3) is 1.66. The van der Waals surface area contributed by atoms with Gasteiger partial charge in [-0.25, -0.2) is 4.98 Å². The van der Waals surface area contributed by atoms with Crippen molar-refractivity contribution in [2.24, 2.45) is 12.8 Å². The molecule has 4 nitrogen and oxygen atoms in total. The van der Waals surface area contributed by atoms with Crippen LogP contribution in [0.25, 0.3) is 0 Å². The summed E-state index contributed by atoms with van der Waals surface area (Å²) in [4.78, 5) is 4.28. The van der Waals surface area contributed by atoms with Gasteiger partial charge in [0, 0.05) is 7.05 Å². The van der Waals surface area contributed by atoms with Crippen molar-refractivity contribution in [2.75, 3.05) is 0 Å². The molecule has 0 spiro atoms. The Balaban J connectivity index is 2.25. The predicted molar refractivity (Wildman–Crippen MR) is 54.6 cm³/mol. The van der Waals surface area contributed by atoms with Crippen LogP contribution in [0, 0.1) is 0 Å². The van der Waals surface area contributed by atoms with Crippen LogP contribution in [0.5, 0.6) is 0 Å². The molecule has 1 saturated carbocycles. The molecule has 0 unspecified atom stereocenters. The Morgan fingerprint density at radius 3 is 2.43 bits per heavy atom. The predicted octanol–water partition coefficient (Wildman–Crippen LogP) is 1.32. The third-order valence-corrected chi connectivity index (χ3v) is 3.15. The number of hydrogen-bond donors (Lipinski definition) is 1. The van der Waals surface area contributed by atoms with Gasteiger partial charge < -0.3 is 5.73 Å². The zero-order chi connectivity index (χ0) is 10.0. The van der Waals surface area contributed by atoms with Gasteiger partial charge in [-0.05, 0) is 12.8 Å². The fraction of sp³-hybridized carbons (Fsp3) is 0.800. The number of nitrogens with zero attached hydrogens (tertiary/aromatic N) is 3. The molecule has 1 aliphatic rings. The first-order valence-electron chi connectivity index (χ1n) is 5.36. The van der Waals surface area contributed by atoms with Crippen molar-refractivity contribution in [3.63, 3.8) is 0 Å². The highest BCUT2D eigenvalue weighted by Crippen LogP contribution is 2.31. The molecule has 1 heterocycles. The summed E-state index contributed by atoms with van der Waals surface area (Å²) in [7, 11) is 1.92. The standard InChI is InChI=1S/C10H18N4/c1-14-9(12-8-13-14)10(11)6-4-2-3-5-7-10/h8H,2-7,11H2,1H3. The minimum Gasteiger partial charge on any atom is -0.319 e. The van der Waals surface area contributed by atoms with Crippen LogP contribution in [0.1, 0.15) is 44.3 Å². The van der Waals surface area contributed by atoms with Crippen molar-refractivity contribution >= 4 is 0 Å². The van der Waals surface area contributed by atoms with E-state index in [1.807, 2.05) is 11.7 Å². The largest absolute Gasteiger partial charge is 0.319 e. The van der Waals surface area contributed by atoms with E-state index < -0.39 is 0 Å². The van der Waals surface area contributed by atoms with Gasteiger partial charge in [0.2, 0.25) is 0 Å². The van der Waals surface area contributed by atoms with E-state index in [0.29, 0.717) is 0 Å². The maximum Gasteiger partial charge on any atom is 0.146 e. The normalized spacial score (nSPS) is 21.9. The Labute approximate surface area is 84.5 Å². The smallest absolute Gasteiger partial charge is 0.146 e. The van der Waals surface area contributed by atoms with E-state index in [4.69, 9.17) is 5.73 Å². The van der Waals surface area contributed by atoms with Gasteiger partial charge >= 0.3 is 0 Å². The van der Waals surface area contributed by atoms with E-state index in [1.54, 1.807) is 6.33 Å². The molecule has 78 valence electrons. The summed E-state index contributed by atoms with van der Waals surface area (Å²) in [6.07, 6.45) is 8.70. The first-order valence-corrected chi connectivity index (χ1v) is 5.36. The van der Waals surface area contributed by atoms with Crippen molar-refractivity contribution in [3.8, 4) is 0 Å². The quantitative estimate of drug-likeness (QED) is 0.686. The van der Waals surface area contributed by atoms with Crippen molar-refractivity contribution in [1.82, 2.24) is 14.8 Å². The average Bonchev–Trinajstić information content (AvgIpc) is 2.46. The van der Waals surface area contributed by atoms with Crippen LogP contribution in [0.2, 0.25) is 0 Å². The highest BCUT2D eigenvalue weighted by molar-refractivity contribution is 5.04. The van der Waals surface area contributed by atoms with Crippen molar-refractivity contribution < 1.29 is 0 Å². The maximum atomic E-state index is 6.40. The highest BCUT2D eigenvalue weighted by atomic mass is 15.3. The van der Waals surface area contributed by atoms with E-state index in [1.165, 1.54) is 25.7 Å². The van der Waals surface area contributed by atoms with Gasteiger partial charge in [0.1, 0.15) is 12.2 Å². The number of hydrogen-bond acceptors (Lipinski definition) is 3. The van der Waals surface area contributed by atoms with Crippen molar-refractivity contribution in [3.05, 3.63) is 12.2 Å². The zero-order valence-corrected chi connectivity index (χ0v) is 8.74. The minimum absolute atomic E-state index is 0.234. The maximum absolute atomic E-state index is 6.40. The fourth-order valence-electron chi connectivity index (χ4n) is 2.33. The number of rotatable bonds is 1. The number of aryl methyl sites for hydroxylation is 1. The summed E-state index contributed by atoms with van der Waals surface area (Å²) < 4.78 is 1.81. The van der Waals surface area contributed by atoms with Crippen LogP contribution >= 0.6 is 0 Å². The Kier molecular flexibility index (Phi) is 2.54. The second-order valence-corrected chi connectivity index (χ2v) is 4.28. The first-order chi connectivity index (χ1) is 6.72. The first kappa shape index (κ1) is 9.65. The summed E-state index contributed by atoms with van der Waals surface area (Å²) in [6, 6.07) is 0. The van der Waals surface area contributed by atoms with E-state index in [2.05, 4.69) is 10.1 Å². The summed E-state index contributed by atoms with van der Waals surface area (Å²) in [5, 5.41) is 4.09. The van der Waals surface area contributed by atoms with Gasteiger partial charge in [-0.1, -0.05) is 25.7 Å². The number of aromatic nitrogens is 3. The van der Waals surface area contributed by atoms with E-state index in [-0.39, 0.29) is 5.54 Å². The summed E-state index contributed by atoms with van der Waals surface area (Å²) in [5.74, 6) is 0.944. The average molecular weight is 194 g/mol. The minimum atomic E-state index is -0.234. The molecule has 1 aliphatic carbocycles.